The van der Waals surface area contributed by atoms with E-state index in [1.807, 2.05) is 0 Å². The van der Waals surface area contributed by atoms with E-state index in [9.17, 15) is 0 Å². The van der Waals surface area contributed by atoms with E-state index in [1.165, 1.54) is 23.3 Å². The molecule has 1 N–H and O–H groups in total. The Labute approximate surface area is 116 Å². The van der Waals surface area contributed by atoms with Crippen molar-refractivity contribution in [1.82, 2.24) is 5.32 Å². The Morgan fingerprint density at radius 3 is 2.29 bits per heavy atom. The highest BCUT2D eigenvalue weighted by Gasteiger charge is 2.05. The highest BCUT2D eigenvalue weighted by atomic mass is 35.5. The molecule has 0 amide bonds. The summed E-state index contributed by atoms with van der Waals surface area (Å²) in [6, 6.07) is 9.56. The lowest BCUT2D eigenvalue weighted by Gasteiger charge is -2.16. The molecule has 0 aromatic heterocycles. The topological polar surface area (TPSA) is 12.0 Å². The molecule has 0 spiro atoms. The van der Waals surface area contributed by atoms with E-state index in [2.05, 4.69) is 49.7 Å². The van der Waals surface area contributed by atoms with Gasteiger partial charge in [-0.05, 0) is 49.8 Å². The number of halogens is 1. The van der Waals surface area contributed by atoms with Crippen LogP contribution in [0.15, 0.2) is 29.2 Å². The third-order valence-corrected chi connectivity index (χ3v) is 3.56. The van der Waals surface area contributed by atoms with E-state index < -0.39 is 0 Å². The molecule has 0 fully saturated rings. The van der Waals surface area contributed by atoms with Crippen LogP contribution in [0.1, 0.15) is 32.3 Å². The average molecular weight is 274 g/mol. The smallest absolute Gasteiger partial charge is 0.0105 e. The highest BCUT2D eigenvalue weighted by Crippen LogP contribution is 2.16. The lowest BCUT2D eigenvalue weighted by Crippen LogP contribution is -2.31. The molecule has 1 aromatic carbocycles. The molecule has 17 heavy (non-hydrogen) atoms. The van der Waals surface area contributed by atoms with Crippen molar-refractivity contribution in [3.8, 4) is 0 Å². The van der Waals surface area contributed by atoms with Gasteiger partial charge in [0.1, 0.15) is 0 Å². The maximum atomic E-state index is 3.59. The maximum absolute atomic E-state index is 3.59. The van der Waals surface area contributed by atoms with E-state index in [4.69, 9.17) is 0 Å². The number of nitrogens with one attached hydrogen (secondary N) is 1. The van der Waals surface area contributed by atoms with Crippen molar-refractivity contribution in [3.05, 3.63) is 29.8 Å². The van der Waals surface area contributed by atoms with Gasteiger partial charge in [0.25, 0.3) is 0 Å². The fourth-order valence-electron chi connectivity index (χ4n) is 1.76. The molecule has 0 saturated carbocycles. The summed E-state index contributed by atoms with van der Waals surface area (Å²) in [6.07, 6.45) is 5.67. The van der Waals surface area contributed by atoms with E-state index in [-0.39, 0.29) is 12.4 Å². The lowest BCUT2D eigenvalue weighted by atomic mass is 10.0. The van der Waals surface area contributed by atoms with E-state index in [0.717, 1.165) is 13.0 Å². The minimum atomic E-state index is 0. The molecule has 1 nitrogen and oxygen atoms in total. The lowest BCUT2D eigenvalue weighted by molar-refractivity contribution is 0.494. The molecule has 98 valence electrons. The molecule has 1 atom stereocenters. The van der Waals surface area contributed by atoms with Gasteiger partial charge < -0.3 is 5.32 Å². The quantitative estimate of drug-likeness (QED) is 0.749. The monoisotopic (exact) mass is 273 g/mol. The van der Waals surface area contributed by atoms with Crippen LogP contribution in [0, 0.1) is 0 Å². The van der Waals surface area contributed by atoms with Crippen molar-refractivity contribution in [2.45, 2.75) is 44.0 Å². The number of thioether (sulfide) groups is 1. The SMILES string of the molecule is CCCNC(CC)Cc1ccc(SC)cc1.Cl. The molecule has 0 aliphatic rings. The van der Waals surface area contributed by atoms with Gasteiger partial charge in [0.15, 0.2) is 0 Å². The zero-order valence-electron chi connectivity index (χ0n) is 11.0. The van der Waals surface area contributed by atoms with Crippen LogP contribution < -0.4 is 5.32 Å². The summed E-state index contributed by atoms with van der Waals surface area (Å²) in [5.41, 5.74) is 1.44. The first-order valence-electron chi connectivity index (χ1n) is 6.16. The highest BCUT2D eigenvalue weighted by molar-refractivity contribution is 7.98. The minimum absolute atomic E-state index is 0. The van der Waals surface area contributed by atoms with Gasteiger partial charge in [-0.15, -0.1) is 24.2 Å². The van der Waals surface area contributed by atoms with Crippen molar-refractivity contribution in [3.63, 3.8) is 0 Å². The van der Waals surface area contributed by atoms with Gasteiger partial charge in [0.2, 0.25) is 0 Å². The Morgan fingerprint density at radius 1 is 1.18 bits per heavy atom. The molecule has 1 rings (SSSR count). The molecule has 0 radical (unpaired) electrons. The van der Waals surface area contributed by atoms with Crippen LogP contribution in [-0.4, -0.2) is 18.8 Å². The second kappa shape index (κ2) is 9.81. The third kappa shape index (κ3) is 6.35. The molecular weight excluding hydrogens is 250 g/mol. The summed E-state index contributed by atoms with van der Waals surface area (Å²) in [5, 5.41) is 3.59. The minimum Gasteiger partial charge on any atom is -0.314 e. The Bertz CT molecular complexity index is 287. The summed E-state index contributed by atoms with van der Waals surface area (Å²) in [7, 11) is 0. The van der Waals surface area contributed by atoms with Gasteiger partial charge in [-0.2, -0.15) is 0 Å². The molecular formula is C14H24ClNS. The molecule has 0 aliphatic carbocycles. The third-order valence-electron chi connectivity index (χ3n) is 2.82. The Hall–Kier alpha value is -0.180. The standard InChI is InChI=1S/C14H23NS.ClH/c1-4-10-15-13(5-2)11-12-6-8-14(16-3)9-7-12;/h6-9,13,15H,4-5,10-11H2,1-3H3;1H. The molecule has 0 aliphatic heterocycles. The van der Waals surface area contributed by atoms with Crippen LogP contribution in [0.5, 0.6) is 0 Å². The van der Waals surface area contributed by atoms with Crippen molar-refractivity contribution < 1.29 is 0 Å². The molecule has 1 unspecified atom stereocenters. The zero-order valence-corrected chi connectivity index (χ0v) is 12.7. The summed E-state index contributed by atoms with van der Waals surface area (Å²) >= 11 is 1.80. The summed E-state index contributed by atoms with van der Waals surface area (Å²) in [6.45, 7) is 5.60. The van der Waals surface area contributed by atoms with Crippen molar-refractivity contribution in [2.24, 2.45) is 0 Å². The predicted molar refractivity (Wildman–Crippen MR) is 81.5 cm³/mol. The van der Waals surface area contributed by atoms with Gasteiger partial charge in [-0.25, -0.2) is 0 Å². The van der Waals surface area contributed by atoms with Crippen LogP contribution >= 0.6 is 24.2 Å². The predicted octanol–water partition coefficient (Wildman–Crippen LogP) is 4.15. The van der Waals surface area contributed by atoms with Crippen LogP contribution in [0.4, 0.5) is 0 Å². The Kier molecular flexibility index (Phi) is 9.71. The van der Waals surface area contributed by atoms with Gasteiger partial charge in [0.05, 0.1) is 0 Å². The Balaban J connectivity index is 0.00000256. The first-order valence-corrected chi connectivity index (χ1v) is 7.38. The van der Waals surface area contributed by atoms with E-state index >= 15 is 0 Å². The second-order valence-electron chi connectivity index (χ2n) is 4.11. The first kappa shape index (κ1) is 16.8. The van der Waals surface area contributed by atoms with Crippen molar-refractivity contribution in [2.75, 3.05) is 12.8 Å². The molecule has 1 aromatic rings. The van der Waals surface area contributed by atoms with E-state index in [0.29, 0.717) is 6.04 Å². The van der Waals surface area contributed by atoms with Crippen LogP contribution in [0.3, 0.4) is 0 Å². The van der Waals surface area contributed by atoms with Crippen LogP contribution in [0.25, 0.3) is 0 Å². The molecule has 0 bridgehead atoms. The molecule has 0 heterocycles. The summed E-state index contributed by atoms with van der Waals surface area (Å²) in [4.78, 5) is 1.35. The van der Waals surface area contributed by atoms with E-state index in [1.54, 1.807) is 11.8 Å². The van der Waals surface area contributed by atoms with Gasteiger partial charge in [-0.1, -0.05) is 26.0 Å². The van der Waals surface area contributed by atoms with Gasteiger partial charge in [-0.3, -0.25) is 0 Å². The number of rotatable bonds is 7. The normalized spacial score (nSPS) is 11.9. The van der Waals surface area contributed by atoms with Gasteiger partial charge >= 0.3 is 0 Å². The fraction of sp³-hybridized carbons (Fsp3) is 0.571. The first-order chi connectivity index (χ1) is 7.80. The van der Waals surface area contributed by atoms with Crippen LogP contribution in [-0.2, 0) is 6.42 Å². The fourth-order valence-corrected chi connectivity index (χ4v) is 2.16. The van der Waals surface area contributed by atoms with Crippen molar-refractivity contribution in [1.29, 1.82) is 0 Å². The number of benzene rings is 1. The molecule has 0 saturated heterocycles. The summed E-state index contributed by atoms with van der Waals surface area (Å²) in [5.74, 6) is 0. The van der Waals surface area contributed by atoms with Crippen LogP contribution in [0.2, 0.25) is 0 Å². The largest absolute Gasteiger partial charge is 0.314 e. The molecule has 3 heteroatoms. The second-order valence-corrected chi connectivity index (χ2v) is 4.99. The summed E-state index contributed by atoms with van der Waals surface area (Å²) < 4.78 is 0. The number of hydrogen-bond acceptors (Lipinski definition) is 2. The van der Waals surface area contributed by atoms with Gasteiger partial charge in [0, 0.05) is 10.9 Å². The average Bonchev–Trinajstić information content (AvgIpc) is 2.35. The maximum Gasteiger partial charge on any atom is 0.0105 e. The zero-order chi connectivity index (χ0) is 11.8. The Morgan fingerprint density at radius 2 is 1.82 bits per heavy atom. The number of hydrogen-bond donors (Lipinski definition) is 1. The van der Waals surface area contributed by atoms with Crippen molar-refractivity contribution >= 4 is 24.2 Å².